The van der Waals surface area contributed by atoms with Crippen LogP contribution >= 0.6 is 0 Å². The normalized spacial score (nSPS) is 27.9. The largest absolute Gasteiger partial charge is 0.394 e. The van der Waals surface area contributed by atoms with Crippen molar-refractivity contribution in [2.75, 3.05) is 26.4 Å². The number of aliphatic hydroxyl groups excluding tert-OH is 11. The highest BCUT2D eigenvalue weighted by Gasteiger charge is 2.53. The standard InChI is InChI=1S/C75H131NO18/c1-3-5-7-9-11-13-15-17-19-21-23-24-25-26-27-28-29-30-31-32-33-34-35-37-39-41-43-45-47-49-51-53-63(81)76-58(59(80)52-50-48-46-44-42-40-38-36-22-20-18-16-14-12-10-8-6-4-2)57-89-73-69(87)66(84)71(61(55-78)91-73)94-75-70(88)67(85)72(62(56-79)92-75)93-74-68(86)65(83)64(82)60(54-77)90-74/h5,7,11,13,17,19,23-24,26-27,42,44,50,52,58-62,64-75,77-80,82-88H,3-4,6,8-10,12,14-16,18,20-22,25,28-41,43,45-49,51,53-57H2,1-2H3,(H,76,81)/b7-5-,13-11-,19-17-,24-23-,27-26-,44-42+,52-50+. The summed E-state index contributed by atoms with van der Waals surface area (Å²) in [7, 11) is 0. The second kappa shape index (κ2) is 55.8. The summed E-state index contributed by atoms with van der Waals surface area (Å²) in [5.41, 5.74) is 0. The molecule has 0 radical (unpaired) electrons. The first kappa shape index (κ1) is 85.2. The smallest absolute Gasteiger partial charge is 0.220 e. The summed E-state index contributed by atoms with van der Waals surface area (Å²) in [6.45, 7) is 1.61. The summed E-state index contributed by atoms with van der Waals surface area (Å²) in [4.78, 5) is 13.4. The van der Waals surface area contributed by atoms with Gasteiger partial charge in [0, 0.05) is 6.42 Å². The highest BCUT2D eigenvalue weighted by molar-refractivity contribution is 5.76. The molecule has 1 amide bonds. The van der Waals surface area contributed by atoms with Crippen LogP contribution in [0.1, 0.15) is 251 Å². The van der Waals surface area contributed by atoms with Crippen LogP contribution < -0.4 is 5.32 Å². The van der Waals surface area contributed by atoms with Gasteiger partial charge in [0.2, 0.25) is 5.91 Å². The van der Waals surface area contributed by atoms with Gasteiger partial charge in [0.25, 0.3) is 0 Å². The molecule has 0 spiro atoms. The maximum absolute atomic E-state index is 13.4. The molecule has 19 nitrogen and oxygen atoms in total. The van der Waals surface area contributed by atoms with E-state index in [-0.39, 0.29) is 18.9 Å². The van der Waals surface area contributed by atoms with Crippen molar-refractivity contribution in [1.82, 2.24) is 5.32 Å². The monoisotopic (exact) mass is 1330 g/mol. The van der Waals surface area contributed by atoms with E-state index in [0.29, 0.717) is 12.8 Å². The van der Waals surface area contributed by atoms with Crippen LogP contribution in [-0.4, -0.2) is 193 Å². The molecule has 17 unspecified atom stereocenters. The van der Waals surface area contributed by atoms with Crippen molar-refractivity contribution in [1.29, 1.82) is 0 Å². The SMILES string of the molecule is CC/C=C\C/C=C\C/C=C\C/C=C\C/C=C\CCCCCCCCCCCCCCCCCC(=O)NC(COC1OC(CO)C(OC2OC(CO)C(OC3OC(CO)C(O)C(O)C3O)C(O)C2O)C(O)C1O)C(O)/C=C/CC/C=C/CCCCCCCCCCCCCC. The van der Waals surface area contributed by atoms with Crippen LogP contribution in [0.5, 0.6) is 0 Å². The van der Waals surface area contributed by atoms with Gasteiger partial charge in [0.15, 0.2) is 18.9 Å². The van der Waals surface area contributed by atoms with E-state index in [1.807, 2.05) is 6.08 Å². The number of allylic oxidation sites excluding steroid dienone is 13. The Balaban J connectivity index is 1.40. The first-order valence-electron chi connectivity index (χ1n) is 36.8. The molecule has 17 atom stereocenters. The number of hydrogen-bond acceptors (Lipinski definition) is 18. The molecule has 0 aromatic rings. The Labute approximate surface area is 565 Å². The summed E-state index contributed by atoms with van der Waals surface area (Å²) in [6, 6.07) is -0.994. The lowest BCUT2D eigenvalue weighted by Gasteiger charge is -2.48. The molecule has 3 heterocycles. The van der Waals surface area contributed by atoms with Crippen LogP contribution in [0, 0.1) is 0 Å². The van der Waals surface area contributed by atoms with E-state index >= 15 is 0 Å². The molecule has 0 saturated carbocycles. The summed E-state index contributed by atoms with van der Waals surface area (Å²) in [6.07, 6.45) is 45.6. The third-order valence-electron chi connectivity index (χ3n) is 17.9. The van der Waals surface area contributed by atoms with Crippen LogP contribution in [0.25, 0.3) is 0 Å². The van der Waals surface area contributed by atoms with Crippen LogP contribution in [0.3, 0.4) is 0 Å². The Morgan fingerprint density at radius 2 is 0.745 bits per heavy atom. The topological polar surface area (TPSA) is 307 Å². The third-order valence-corrected chi connectivity index (χ3v) is 17.9. The minimum Gasteiger partial charge on any atom is -0.394 e. The summed E-state index contributed by atoms with van der Waals surface area (Å²) in [5, 5.41) is 121. The zero-order chi connectivity index (χ0) is 68.2. The fourth-order valence-electron chi connectivity index (χ4n) is 12.0. The number of ether oxygens (including phenoxy) is 6. The average molecular weight is 1330 g/mol. The van der Waals surface area contributed by atoms with Gasteiger partial charge in [0.05, 0.1) is 38.6 Å². The number of unbranched alkanes of at least 4 members (excludes halogenated alkanes) is 28. The number of aliphatic hydroxyl groups is 11. The fraction of sp³-hybridized carbons (Fsp3) is 0.800. The van der Waals surface area contributed by atoms with Gasteiger partial charge in [-0.25, -0.2) is 0 Å². The van der Waals surface area contributed by atoms with E-state index in [2.05, 4.69) is 92.1 Å². The minimum atomic E-state index is -1.98. The number of nitrogens with one attached hydrogen (secondary N) is 1. The van der Waals surface area contributed by atoms with E-state index in [0.717, 1.165) is 70.6 Å². The Hall–Kier alpha value is -3.03. The van der Waals surface area contributed by atoms with Crippen molar-refractivity contribution in [3.8, 4) is 0 Å². The molecular weight excluding hydrogens is 1200 g/mol. The molecule has 0 aliphatic carbocycles. The van der Waals surface area contributed by atoms with Gasteiger partial charge in [-0.15, -0.1) is 0 Å². The summed E-state index contributed by atoms with van der Waals surface area (Å²) in [5.74, 6) is -0.287. The van der Waals surface area contributed by atoms with Crippen molar-refractivity contribution >= 4 is 5.91 Å². The molecule has 12 N–H and O–H groups in total. The Morgan fingerprint density at radius 3 is 1.19 bits per heavy atom. The predicted molar refractivity (Wildman–Crippen MR) is 369 cm³/mol. The van der Waals surface area contributed by atoms with E-state index in [4.69, 9.17) is 28.4 Å². The van der Waals surface area contributed by atoms with Crippen LogP contribution in [-0.2, 0) is 33.2 Å². The molecule has 544 valence electrons. The molecule has 3 fully saturated rings. The van der Waals surface area contributed by atoms with Crippen LogP contribution in [0.4, 0.5) is 0 Å². The minimum absolute atomic E-state index is 0.232. The van der Waals surface area contributed by atoms with Gasteiger partial charge in [-0.1, -0.05) is 253 Å². The number of amides is 1. The first-order valence-corrected chi connectivity index (χ1v) is 36.8. The first-order chi connectivity index (χ1) is 45.8. The van der Waals surface area contributed by atoms with Gasteiger partial charge in [-0.2, -0.15) is 0 Å². The Kier molecular flexibility index (Phi) is 50.6. The zero-order valence-electron chi connectivity index (χ0n) is 57.7. The van der Waals surface area contributed by atoms with Gasteiger partial charge >= 0.3 is 0 Å². The van der Waals surface area contributed by atoms with Gasteiger partial charge in [0.1, 0.15) is 73.2 Å². The fourth-order valence-corrected chi connectivity index (χ4v) is 12.0. The van der Waals surface area contributed by atoms with Crippen molar-refractivity contribution in [2.45, 2.75) is 356 Å². The highest BCUT2D eigenvalue weighted by Crippen LogP contribution is 2.33. The second-order valence-electron chi connectivity index (χ2n) is 26.0. The molecule has 0 aromatic carbocycles. The predicted octanol–water partition coefficient (Wildman–Crippen LogP) is 10.7. The summed E-state index contributed by atoms with van der Waals surface area (Å²) >= 11 is 0. The van der Waals surface area contributed by atoms with E-state index < -0.39 is 124 Å². The quantitative estimate of drug-likeness (QED) is 0.0199. The van der Waals surface area contributed by atoms with Crippen LogP contribution in [0.2, 0.25) is 0 Å². The Bertz CT molecular complexity index is 2030. The number of hydrogen-bond donors (Lipinski definition) is 12. The van der Waals surface area contributed by atoms with E-state index in [9.17, 15) is 61.0 Å². The molecule has 94 heavy (non-hydrogen) atoms. The van der Waals surface area contributed by atoms with E-state index in [1.165, 1.54) is 148 Å². The third kappa shape index (κ3) is 36.7. The van der Waals surface area contributed by atoms with Crippen molar-refractivity contribution in [3.05, 3.63) is 85.1 Å². The van der Waals surface area contributed by atoms with Crippen LogP contribution in [0.15, 0.2) is 85.1 Å². The number of carbonyl (C=O) groups is 1. The van der Waals surface area contributed by atoms with Gasteiger partial charge in [-0.05, 0) is 77.0 Å². The lowest BCUT2D eigenvalue weighted by molar-refractivity contribution is -0.379. The highest BCUT2D eigenvalue weighted by atomic mass is 16.8. The molecule has 3 saturated heterocycles. The lowest BCUT2D eigenvalue weighted by atomic mass is 9.96. The molecule has 3 rings (SSSR count). The van der Waals surface area contributed by atoms with Crippen molar-refractivity contribution in [2.24, 2.45) is 0 Å². The number of rotatable bonds is 56. The molecule has 0 aromatic heterocycles. The zero-order valence-corrected chi connectivity index (χ0v) is 57.7. The molecule has 3 aliphatic heterocycles. The second-order valence-corrected chi connectivity index (χ2v) is 26.0. The van der Waals surface area contributed by atoms with Gasteiger partial charge in [-0.3, -0.25) is 4.79 Å². The van der Waals surface area contributed by atoms with Crippen molar-refractivity contribution in [3.63, 3.8) is 0 Å². The maximum Gasteiger partial charge on any atom is 0.220 e. The average Bonchev–Trinajstić information content (AvgIpc) is 0.787. The molecule has 3 aliphatic rings. The lowest BCUT2D eigenvalue weighted by Crippen LogP contribution is -2.66. The molecule has 0 bridgehead atoms. The summed E-state index contributed by atoms with van der Waals surface area (Å²) < 4.78 is 34.4. The van der Waals surface area contributed by atoms with Gasteiger partial charge < -0.3 is 89.9 Å². The molecular formula is C75H131NO18. The molecule has 19 heteroatoms. The number of carbonyl (C=O) groups excluding carboxylic acids is 1. The Morgan fingerprint density at radius 1 is 0.394 bits per heavy atom. The maximum atomic E-state index is 13.4. The van der Waals surface area contributed by atoms with E-state index in [1.54, 1.807) is 6.08 Å². The van der Waals surface area contributed by atoms with Crippen molar-refractivity contribution < 1.29 is 89.4 Å².